The zero-order chi connectivity index (χ0) is 44.2. The van der Waals surface area contributed by atoms with Crippen LogP contribution in [0.2, 0.25) is 0 Å². The average Bonchev–Trinajstić information content (AvgIpc) is 3.61. The summed E-state index contributed by atoms with van der Waals surface area (Å²) in [6, 6.07) is 5.91. The van der Waals surface area contributed by atoms with E-state index in [-0.39, 0.29) is 36.2 Å². The van der Waals surface area contributed by atoms with Crippen LogP contribution in [0.15, 0.2) is 46.0 Å². The minimum absolute atomic E-state index is 0.0639. The van der Waals surface area contributed by atoms with Crippen LogP contribution in [0.4, 0.5) is 9.59 Å². The number of rotatable bonds is 15. The number of sulfonamides is 1. The van der Waals surface area contributed by atoms with Gasteiger partial charge in [0.15, 0.2) is 0 Å². The monoisotopic (exact) mass is 871 g/mol. The number of thiophene rings is 1. The lowest BCUT2D eigenvalue weighted by Crippen LogP contribution is -2.62. The maximum absolute atomic E-state index is 14.8. The smallest absolute Gasteiger partial charge is 0.410 e. The molecule has 0 spiro atoms. The summed E-state index contributed by atoms with van der Waals surface area (Å²) >= 11 is 1.09. The molecule has 0 bridgehead atoms. The number of likely N-dealkylation sites (N-methyl/N-ethyl adjacent to an activating group) is 1. The van der Waals surface area contributed by atoms with Gasteiger partial charge in [-0.25, -0.2) is 18.0 Å². The molecule has 1 aromatic carbocycles. The van der Waals surface area contributed by atoms with Crippen molar-refractivity contribution in [3.05, 3.63) is 52.9 Å². The van der Waals surface area contributed by atoms with Gasteiger partial charge >= 0.3 is 12.1 Å². The Hall–Kier alpha value is -4.55. The van der Waals surface area contributed by atoms with Gasteiger partial charge in [-0.05, 0) is 59.1 Å². The highest BCUT2D eigenvalue weighted by atomic mass is 32.2. The topological polar surface area (TPSA) is 204 Å². The van der Waals surface area contributed by atoms with Crippen molar-refractivity contribution in [1.29, 1.82) is 0 Å². The number of fused-ring (bicyclic) bond motifs is 1. The molecule has 1 aromatic heterocycles. The van der Waals surface area contributed by atoms with Crippen LogP contribution >= 0.6 is 11.3 Å². The van der Waals surface area contributed by atoms with Crippen molar-refractivity contribution >= 4 is 57.0 Å². The Balaban J connectivity index is 1.36. The van der Waals surface area contributed by atoms with Crippen LogP contribution in [-0.4, -0.2) is 121 Å². The second kappa shape index (κ2) is 19.0. The number of Topliss-reactive ketones (excluding diaryl/α,β-unsaturated/α-hetero) is 1. The van der Waals surface area contributed by atoms with E-state index in [2.05, 4.69) is 21.3 Å². The van der Waals surface area contributed by atoms with Gasteiger partial charge in [0.1, 0.15) is 22.4 Å². The fraction of sp³-hybridized carbons (Fsp3) is 0.619. The molecule has 18 heteroatoms. The van der Waals surface area contributed by atoms with Gasteiger partial charge in [-0.1, -0.05) is 85.2 Å². The molecule has 3 aliphatic rings. The minimum Gasteiger partial charge on any atom is -0.444 e. The predicted octanol–water partition coefficient (Wildman–Crippen LogP) is 3.79. The lowest BCUT2D eigenvalue weighted by atomic mass is 9.85. The summed E-state index contributed by atoms with van der Waals surface area (Å²) in [7, 11) is -2.39. The number of hydrogen-bond acceptors (Lipinski definition) is 10. The summed E-state index contributed by atoms with van der Waals surface area (Å²) in [5.74, 6) is -2.88. The number of carbonyl (C=O) groups is 6. The van der Waals surface area contributed by atoms with Crippen LogP contribution < -0.4 is 21.3 Å². The maximum atomic E-state index is 14.8. The van der Waals surface area contributed by atoms with E-state index in [1.165, 1.54) is 22.3 Å². The van der Waals surface area contributed by atoms with Crippen molar-refractivity contribution in [2.45, 2.75) is 134 Å². The van der Waals surface area contributed by atoms with Gasteiger partial charge in [0, 0.05) is 45.2 Å². The number of ether oxygens (including phenoxy) is 1. The third kappa shape index (κ3) is 11.6. The molecule has 1 saturated carbocycles. The Bertz CT molecular complexity index is 2010. The molecule has 2 fully saturated rings. The van der Waals surface area contributed by atoms with Gasteiger partial charge in [0.2, 0.25) is 17.6 Å². The molecular formula is C42H61N7O9S2. The molecule has 3 heterocycles. The van der Waals surface area contributed by atoms with E-state index in [0.29, 0.717) is 25.9 Å². The normalized spacial score (nSPS) is 19.8. The van der Waals surface area contributed by atoms with Crippen molar-refractivity contribution in [2.75, 3.05) is 26.7 Å². The first-order valence-corrected chi connectivity index (χ1v) is 23.0. The number of urea groups is 1. The van der Waals surface area contributed by atoms with Crippen molar-refractivity contribution in [3.63, 3.8) is 0 Å². The summed E-state index contributed by atoms with van der Waals surface area (Å²) in [6.07, 6.45) is 1.27. The Labute approximate surface area is 357 Å². The number of hydrogen-bond donors (Lipinski definition) is 4. The molecule has 1 saturated heterocycles. The summed E-state index contributed by atoms with van der Waals surface area (Å²) in [5.41, 5.74) is 0.613. The van der Waals surface area contributed by atoms with Crippen molar-refractivity contribution in [3.8, 4) is 0 Å². The Kier molecular flexibility index (Phi) is 14.7. The first-order valence-electron chi connectivity index (χ1n) is 20.6. The van der Waals surface area contributed by atoms with Crippen molar-refractivity contribution < 1.29 is 41.9 Å². The molecule has 3 unspecified atom stereocenters. The van der Waals surface area contributed by atoms with Gasteiger partial charge < -0.3 is 35.8 Å². The van der Waals surface area contributed by atoms with Crippen LogP contribution in [0, 0.1) is 10.8 Å². The average molecular weight is 872 g/mol. The van der Waals surface area contributed by atoms with Crippen molar-refractivity contribution in [2.24, 2.45) is 10.8 Å². The van der Waals surface area contributed by atoms with Crippen LogP contribution in [0.5, 0.6) is 0 Å². The summed E-state index contributed by atoms with van der Waals surface area (Å²) < 4.78 is 33.9. The molecule has 4 N–H and O–H groups in total. The molecule has 60 heavy (non-hydrogen) atoms. The fourth-order valence-electron chi connectivity index (χ4n) is 7.31. The quantitative estimate of drug-likeness (QED) is 0.192. The number of ketones is 1. The predicted molar refractivity (Wildman–Crippen MR) is 226 cm³/mol. The van der Waals surface area contributed by atoms with E-state index in [4.69, 9.17) is 4.74 Å². The van der Waals surface area contributed by atoms with Gasteiger partial charge in [-0.3, -0.25) is 19.2 Å². The van der Waals surface area contributed by atoms with Crippen LogP contribution in [0.25, 0.3) is 0 Å². The highest BCUT2D eigenvalue weighted by molar-refractivity contribution is 7.91. The van der Waals surface area contributed by atoms with E-state index >= 15 is 0 Å². The second-order valence-electron chi connectivity index (χ2n) is 18.2. The van der Waals surface area contributed by atoms with Crippen LogP contribution in [-0.2, 0) is 46.9 Å². The number of carbonyl (C=O) groups excluding carboxylic acids is 6. The highest BCUT2D eigenvalue weighted by Gasteiger charge is 2.47. The number of nitrogens with zero attached hydrogens (tertiary/aromatic N) is 3. The summed E-state index contributed by atoms with van der Waals surface area (Å²) in [5, 5.41) is 12.8. The summed E-state index contributed by atoms with van der Waals surface area (Å²) in [4.78, 5) is 85.3. The van der Waals surface area contributed by atoms with Crippen molar-refractivity contribution in [1.82, 2.24) is 35.4 Å². The lowest BCUT2D eigenvalue weighted by Gasteiger charge is -2.37. The van der Waals surface area contributed by atoms with Crippen LogP contribution in [0.1, 0.15) is 91.7 Å². The van der Waals surface area contributed by atoms with Gasteiger partial charge in [0.05, 0.1) is 12.6 Å². The zero-order valence-electron chi connectivity index (χ0n) is 35.9. The molecule has 5 rings (SSSR count). The SMILES string of the molecule is CCCC(NC(=O)C1C[C@@H](OC(=O)N2CCc3ccccc3C2)CN1C(=O)C(NC(=O)N[C@H](CN(C)S(=O)(=O)c1cccs1)C(C)(C)C)C(C)(C)C)C(=O)C(=O)NC1CC1. The van der Waals surface area contributed by atoms with E-state index in [1.807, 2.05) is 52.0 Å². The molecular weight excluding hydrogens is 811 g/mol. The Morgan fingerprint density at radius 3 is 2.22 bits per heavy atom. The van der Waals surface area contributed by atoms with E-state index < -0.39 is 86.8 Å². The minimum atomic E-state index is -3.83. The largest absolute Gasteiger partial charge is 0.444 e. The molecule has 16 nitrogen and oxygen atoms in total. The Morgan fingerprint density at radius 2 is 1.62 bits per heavy atom. The second-order valence-corrected chi connectivity index (χ2v) is 21.4. The highest BCUT2D eigenvalue weighted by Crippen LogP contribution is 2.30. The third-order valence-corrected chi connectivity index (χ3v) is 14.4. The Morgan fingerprint density at radius 1 is 0.933 bits per heavy atom. The number of likely N-dealkylation sites (tertiary alicyclic amines) is 1. The lowest BCUT2D eigenvalue weighted by molar-refractivity contribution is -0.144. The molecule has 6 amide bonds. The number of nitrogens with one attached hydrogen (secondary N) is 4. The molecule has 2 aromatic rings. The molecule has 1 aliphatic carbocycles. The molecule has 5 atom stereocenters. The first-order chi connectivity index (χ1) is 28.1. The van der Waals surface area contributed by atoms with Crippen LogP contribution in [0.3, 0.4) is 0 Å². The molecule has 330 valence electrons. The standard InChI is InChI=1S/C42H61N7O9S2/c1-9-13-30(34(50)37(52)43-28-17-18-28)44-36(51)31-22-29(58-40(55)48-20-19-26-14-10-11-15-27(26)23-48)24-49(31)38(53)35(42(5,6)7)46-39(54)45-32(41(2,3)4)25-47(8)60(56,57)33-16-12-21-59-33/h10-12,14-16,21,28-32,35H,9,13,17-20,22-25H2,1-8H3,(H,43,52)(H,44,51)(H2,45,46,54)/t29-,30?,31?,32-,35?/m1/s1. The zero-order valence-corrected chi connectivity index (χ0v) is 37.5. The van der Waals surface area contributed by atoms with Gasteiger partial charge in [0.25, 0.3) is 15.9 Å². The van der Waals surface area contributed by atoms with Gasteiger partial charge in [-0.2, -0.15) is 4.31 Å². The number of benzene rings is 1. The first kappa shape index (κ1) is 46.5. The van der Waals surface area contributed by atoms with E-state index in [0.717, 1.165) is 35.3 Å². The fourth-order valence-corrected chi connectivity index (χ4v) is 9.70. The third-order valence-electron chi connectivity index (χ3n) is 11.2. The molecule has 0 radical (unpaired) electrons. The van der Waals surface area contributed by atoms with E-state index in [9.17, 15) is 37.2 Å². The number of amides is 6. The molecule has 2 aliphatic heterocycles. The van der Waals surface area contributed by atoms with Gasteiger partial charge in [-0.15, -0.1) is 11.3 Å². The maximum Gasteiger partial charge on any atom is 0.410 e. The van der Waals surface area contributed by atoms with E-state index in [1.54, 1.807) is 37.1 Å². The summed E-state index contributed by atoms with van der Waals surface area (Å²) in [6.45, 7) is 13.2.